The second kappa shape index (κ2) is 6.39. The summed E-state index contributed by atoms with van der Waals surface area (Å²) in [5.41, 5.74) is 1.10. The van der Waals surface area contributed by atoms with Crippen LogP contribution in [0.3, 0.4) is 0 Å². The van der Waals surface area contributed by atoms with Gasteiger partial charge in [-0.1, -0.05) is 18.2 Å². The smallest absolute Gasteiger partial charge is 0.351 e. The van der Waals surface area contributed by atoms with Crippen molar-refractivity contribution in [2.75, 3.05) is 6.61 Å². The lowest BCUT2D eigenvalue weighted by atomic mass is 10.1. The molecule has 0 radical (unpaired) electrons. The fraction of sp³-hybridized carbons (Fsp3) is 0.158. The van der Waals surface area contributed by atoms with Crippen LogP contribution < -0.4 is 9.47 Å². The van der Waals surface area contributed by atoms with Gasteiger partial charge in [0.2, 0.25) is 6.10 Å². The van der Waals surface area contributed by atoms with Crippen LogP contribution in [0.25, 0.3) is 10.9 Å². The highest BCUT2D eigenvalue weighted by atomic mass is 19.1. The topological polar surface area (TPSA) is 57.7 Å². The Kier molecular flexibility index (Phi) is 3.93. The van der Waals surface area contributed by atoms with Gasteiger partial charge < -0.3 is 14.2 Å². The van der Waals surface area contributed by atoms with Crippen molar-refractivity contribution in [3.63, 3.8) is 0 Å². The fourth-order valence-corrected chi connectivity index (χ4v) is 2.69. The molecule has 2 aromatic carbocycles. The maximum atomic E-state index is 13.8. The highest BCUT2D eigenvalue weighted by molar-refractivity contribution is 5.82. The van der Waals surface area contributed by atoms with Gasteiger partial charge in [0.05, 0.1) is 5.52 Å². The summed E-state index contributed by atoms with van der Waals surface area (Å²) in [7, 11) is 0. The van der Waals surface area contributed by atoms with Gasteiger partial charge in [-0.05, 0) is 30.3 Å². The number of rotatable bonds is 3. The minimum Gasteiger partial charge on any atom is -0.485 e. The molecule has 1 aliphatic rings. The van der Waals surface area contributed by atoms with Gasteiger partial charge in [0, 0.05) is 17.1 Å². The number of para-hydroxylation sites is 2. The molecule has 0 aliphatic carbocycles. The Morgan fingerprint density at radius 2 is 2.00 bits per heavy atom. The van der Waals surface area contributed by atoms with Crippen molar-refractivity contribution < 1.29 is 23.4 Å². The normalized spacial score (nSPS) is 15.8. The van der Waals surface area contributed by atoms with Gasteiger partial charge >= 0.3 is 5.97 Å². The van der Waals surface area contributed by atoms with Gasteiger partial charge in [0.1, 0.15) is 19.0 Å². The van der Waals surface area contributed by atoms with Crippen LogP contribution in [0.1, 0.15) is 5.56 Å². The fourth-order valence-electron chi connectivity index (χ4n) is 2.69. The van der Waals surface area contributed by atoms with Crippen LogP contribution in [0.4, 0.5) is 4.39 Å². The Hall–Kier alpha value is -3.15. The van der Waals surface area contributed by atoms with Gasteiger partial charge in [0.25, 0.3) is 0 Å². The molecule has 2 heterocycles. The molecule has 1 aliphatic heterocycles. The molecule has 126 valence electrons. The van der Waals surface area contributed by atoms with Crippen molar-refractivity contribution in [2.45, 2.75) is 12.7 Å². The van der Waals surface area contributed by atoms with E-state index in [1.807, 2.05) is 6.07 Å². The summed E-state index contributed by atoms with van der Waals surface area (Å²) in [5.74, 6) is 0.201. The molecule has 0 unspecified atom stereocenters. The molecule has 0 N–H and O–H groups in total. The summed E-state index contributed by atoms with van der Waals surface area (Å²) in [4.78, 5) is 16.4. The van der Waals surface area contributed by atoms with Crippen molar-refractivity contribution in [2.24, 2.45) is 0 Å². The minimum absolute atomic E-state index is 0.0197. The number of benzene rings is 2. The van der Waals surface area contributed by atoms with E-state index < -0.39 is 12.1 Å². The number of aromatic nitrogens is 1. The first-order valence-corrected chi connectivity index (χ1v) is 7.79. The average Bonchev–Trinajstić information content (AvgIpc) is 2.67. The van der Waals surface area contributed by atoms with Crippen LogP contribution in [0.5, 0.6) is 11.5 Å². The SMILES string of the molecule is O=C(OCc1ccc(F)c2cccnc12)[C@H]1COc2ccccc2O1. The summed E-state index contributed by atoms with van der Waals surface area (Å²) < 4.78 is 30.3. The number of esters is 1. The number of fused-ring (bicyclic) bond motifs is 2. The number of hydrogen-bond donors (Lipinski definition) is 0. The Morgan fingerprint density at radius 3 is 2.88 bits per heavy atom. The number of pyridine rings is 1. The Balaban J connectivity index is 1.47. The standard InChI is InChI=1S/C19H14FNO4/c20-14-8-7-12(18-13(14)4-3-9-21-18)10-24-19(22)17-11-23-15-5-1-2-6-16(15)25-17/h1-9,17H,10-11H2/t17-/m1/s1. The van der Waals surface area contributed by atoms with Crippen molar-refractivity contribution in [3.8, 4) is 11.5 Å². The van der Waals surface area contributed by atoms with Crippen LogP contribution in [-0.2, 0) is 16.1 Å². The maximum Gasteiger partial charge on any atom is 0.351 e. The van der Waals surface area contributed by atoms with E-state index in [9.17, 15) is 9.18 Å². The molecular formula is C19H14FNO4. The molecule has 4 rings (SSSR count). The molecule has 1 atom stereocenters. The maximum absolute atomic E-state index is 13.8. The number of nitrogens with zero attached hydrogens (tertiary/aromatic N) is 1. The molecule has 5 nitrogen and oxygen atoms in total. The van der Waals surface area contributed by atoms with E-state index in [-0.39, 0.29) is 19.0 Å². The highest BCUT2D eigenvalue weighted by Gasteiger charge is 2.28. The zero-order valence-corrected chi connectivity index (χ0v) is 13.1. The quantitative estimate of drug-likeness (QED) is 0.686. The van der Waals surface area contributed by atoms with E-state index >= 15 is 0 Å². The summed E-state index contributed by atoms with van der Waals surface area (Å²) >= 11 is 0. The zero-order chi connectivity index (χ0) is 17.2. The van der Waals surface area contributed by atoms with Gasteiger partial charge in [0.15, 0.2) is 11.5 Å². The van der Waals surface area contributed by atoms with E-state index in [0.29, 0.717) is 28.0 Å². The first-order valence-electron chi connectivity index (χ1n) is 7.79. The third-order valence-corrected chi connectivity index (χ3v) is 3.94. The third-order valence-electron chi connectivity index (χ3n) is 3.94. The molecule has 3 aromatic rings. The summed E-state index contributed by atoms with van der Waals surface area (Å²) in [6.45, 7) is 0.0619. The lowest BCUT2D eigenvalue weighted by molar-refractivity contribution is -0.155. The number of halogens is 1. The zero-order valence-electron chi connectivity index (χ0n) is 13.1. The van der Waals surface area contributed by atoms with Crippen molar-refractivity contribution >= 4 is 16.9 Å². The number of ether oxygens (including phenoxy) is 3. The van der Waals surface area contributed by atoms with Crippen molar-refractivity contribution in [3.05, 3.63) is 66.1 Å². The van der Waals surface area contributed by atoms with Gasteiger partial charge in [-0.25, -0.2) is 9.18 Å². The van der Waals surface area contributed by atoms with E-state index in [1.54, 1.807) is 42.6 Å². The Bertz CT molecular complexity index is 944. The second-order valence-electron chi connectivity index (χ2n) is 5.58. The Morgan fingerprint density at radius 1 is 1.16 bits per heavy atom. The summed E-state index contributed by atoms with van der Waals surface area (Å²) in [5, 5.41) is 0.391. The van der Waals surface area contributed by atoms with Gasteiger partial charge in [-0.3, -0.25) is 4.98 Å². The van der Waals surface area contributed by atoms with Gasteiger partial charge in [-0.15, -0.1) is 0 Å². The predicted molar refractivity (Wildman–Crippen MR) is 87.9 cm³/mol. The molecule has 0 spiro atoms. The van der Waals surface area contributed by atoms with E-state index in [2.05, 4.69) is 4.98 Å². The largest absolute Gasteiger partial charge is 0.485 e. The molecule has 25 heavy (non-hydrogen) atoms. The van der Waals surface area contributed by atoms with E-state index in [4.69, 9.17) is 14.2 Å². The van der Waals surface area contributed by atoms with E-state index in [0.717, 1.165) is 0 Å². The monoisotopic (exact) mass is 339 g/mol. The average molecular weight is 339 g/mol. The minimum atomic E-state index is -0.838. The number of carbonyl (C=O) groups excluding carboxylic acids is 1. The van der Waals surface area contributed by atoms with Crippen LogP contribution in [0.2, 0.25) is 0 Å². The van der Waals surface area contributed by atoms with Crippen LogP contribution in [-0.4, -0.2) is 23.7 Å². The van der Waals surface area contributed by atoms with Crippen LogP contribution in [0.15, 0.2) is 54.7 Å². The molecule has 0 saturated heterocycles. The number of carbonyl (C=O) groups is 1. The Labute approximate surface area is 143 Å². The lowest BCUT2D eigenvalue weighted by Gasteiger charge is -2.25. The molecule has 0 bridgehead atoms. The van der Waals surface area contributed by atoms with Crippen LogP contribution in [0, 0.1) is 5.82 Å². The molecule has 0 fully saturated rings. The number of hydrogen-bond acceptors (Lipinski definition) is 5. The first-order chi connectivity index (χ1) is 12.2. The molecular weight excluding hydrogens is 325 g/mol. The second-order valence-corrected chi connectivity index (χ2v) is 5.58. The summed E-state index contributed by atoms with van der Waals surface area (Å²) in [6.07, 6.45) is 0.733. The lowest BCUT2D eigenvalue weighted by Crippen LogP contribution is -2.37. The van der Waals surface area contributed by atoms with Crippen molar-refractivity contribution in [1.82, 2.24) is 4.98 Å². The molecule has 6 heteroatoms. The summed E-state index contributed by atoms with van der Waals surface area (Å²) in [6, 6.07) is 13.3. The van der Waals surface area contributed by atoms with E-state index in [1.165, 1.54) is 6.07 Å². The molecule has 0 amide bonds. The predicted octanol–water partition coefficient (Wildman–Crippen LogP) is 3.26. The first kappa shape index (κ1) is 15.4. The highest BCUT2D eigenvalue weighted by Crippen LogP contribution is 2.31. The van der Waals surface area contributed by atoms with Crippen LogP contribution >= 0.6 is 0 Å². The molecule has 0 saturated carbocycles. The third kappa shape index (κ3) is 2.98. The van der Waals surface area contributed by atoms with Crippen molar-refractivity contribution in [1.29, 1.82) is 0 Å². The van der Waals surface area contributed by atoms with Gasteiger partial charge in [-0.2, -0.15) is 0 Å². The molecule has 1 aromatic heterocycles.